The molecule has 0 fully saturated rings. The molecule has 0 unspecified atom stereocenters. The second kappa shape index (κ2) is 12.8. The summed E-state index contributed by atoms with van der Waals surface area (Å²) in [5.41, 5.74) is 16.3. The van der Waals surface area contributed by atoms with Gasteiger partial charge in [-0.25, -0.2) is 0 Å². The Morgan fingerprint density at radius 3 is 1.91 bits per heavy atom. The molecular weight excluding hydrogens is 709 g/mol. The van der Waals surface area contributed by atoms with Gasteiger partial charge in [0.1, 0.15) is 0 Å². The van der Waals surface area contributed by atoms with Crippen LogP contribution in [0.15, 0.2) is 188 Å². The first kappa shape index (κ1) is 32.3. The van der Waals surface area contributed by atoms with Crippen LogP contribution >= 0.6 is 11.3 Å². The van der Waals surface area contributed by atoms with Crippen molar-refractivity contribution in [1.82, 2.24) is 9.13 Å². The highest BCUT2D eigenvalue weighted by Gasteiger charge is 2.26. The molecule has 8 aromatic carbocycles. The fraction of sp³-hybridized carbons (Fsp3) is 0.0370. The Labute approximate surface area is 334 Å². The van der Waals surface area contributed by atoms with Gasteiger partial charge in [0.15, 0.2) is 0 Å². The van der Waals surface area contributed by atoms with Crippen molar-refractivity contribution in [2.45, 2.75) is 12.8 Å². The number of rotatable bonds is 5. The summed E-state index contributed by atoms with van der Waals surface area (Å²) < 4.78 is 7.67. The van der Waals surface area contributed by atoms with Gasteiger partial charge in [0.2, 0.25) is 0 Å². The lowest BCUT2D eigenvalue weighted by Gasteiger charge is -2.15. The largest absolute Gasteiger partial charge is 0.312 e. The van der Waals surface area contributed by atoms with E-state index in [0.29, 0.717) is 0 Å². The second-order valence-electron chi connectivity index (χ2n) is 15.2. The topological polar surface area (TPSA) is 9.86 Å². The third kappa shape index (κ3) is 5.02. The molecule has 3 aromatic heterocycles. The normalized spacial score (nSPS) is 12.7. The van der Waals surface area contributed by atoms with Crippen molar-refractivity contribution in [3.05, 3.63) is 199 Å². The molecule has 0 N–H and O–H groups in total. The fourth-order valence-electron chi connectivity index (χ4n) is 9.43. The monoisotopic (exact) mass is 744 g/mol. The maximum Gasteiger partial charge on any atom is 0.0637 e. The predicted molar refractivity (Wildman–Crippen MR) is 244 cm³/mol. The first-order valence-electron chi connectivity index (χ1n) is 19.8. The molecule has 0 saturated carbocycles. The zero-order valence-corrected chi connectivity index (χ0v) is 32.0. The van der Waals surface area contributed by atoms with Crippen molar-refractivity contribution in [3.8, 4) is 44.8 Å². The van der Waals surface area contributed by atoms with Gasteiger partial charge >= 0.3 is 0 Å². The zero-order valence-electron chi connectivity index (χ0n) is 31.2. The highest BCUT2D eigenvalue weighted by atomic mass is 32.1. The molecule has 1 aliphatic rings. The number of para-hydroxylation sites is 1. The van der Waals surface area contributed by atoms with Gasteiger partial charge in [0.25, 0.3) is 0 Å². The van der Waals surface area contributed by atoms with E-state index >= 15 is 0 Å². The first-order chi connectivity index (χ1) is 28.3. The molecule has 0 spiro atoms. The molecule has 1 aliphatic carbocycles. The van der Waals surface area contributed by atoms with Crippen molar-refractivity contribution >= 4 is 70.3 Å². The molecule has 57 heavy (non-hydrogen) atoms. The Balaban J connectivity index is 1.12. The molecule has 11 aromatic rings. The fourth-order valence-corrected chi connectivity index (χ4v) is 10.6. The van der Waals surface area contributed by atoms with Gasteiger partial charge in [0, 0.05) is 59.0 Å². The van der Waals surface area contributed by atoms with Crippen LogP contribution in [0.3, 0.4) is 0 Å². The van der Waals surface area contributed by atoms with Crippen molar-refractivity contribution in [3.63, 3.8) is 0 Å². The Bertz CT molecular complexity index is 3380. The summed E-state index contributed by atoms with van der Waals surface area (Å²) in [7, 11) is 0. The molecule has 0 saturated heterocycles. The van der Waals surface area contributed by atoms with E-state index in [1.54, 1.807) is 0 Å². The van der Waals surface area contributed by atoms with Crippen LogP contribution in [-0.4, -0.2) is 9.13 Å². The van der Waals surface area contributed by atoms with E-state index in [2.05, 4.69) is 203 Å². The maximum atomic E-state index is 2.61. The molecule has 268 valence electrons. The Hall–Kier alpha value is -6.94. The molecule has 2 nitrogen and oxygen atoms in total. The highest BCUT2D eigenvalue weighted by Crippen LogP contribution is 2.48. The van der Waals surface area contributed by atoms with E-state index in [4.69, 9.17) is 0 Å². The van der Waals surface area contributed by atoms with Gasteiger partial charge in [-0.3, -0.25) is 0 Å². The van der Waals surface area contributed by atoms with E-state index in [-0.39, 0.29) is 0 Å². The molecule has 0 amide bonds. The van der Waals surface area contributed by atoms with Gasteiger partial charge in [0.05, 0.1) is 16.6 Å². The van der Waals surface area contributed by atoms with Crippen LogP contribution in [0.5, 0.6) is 0 Å². The van der Waals surface area contributed by atoms with E-state index < -0.39 is 0 Å². The number of hydrogen-bond donors (Lipinski definition) is 0. The molecule has 3 heterocycles. The van der Waals surface area contributed by atoms with Crippen LogP contribution in [0.4, 0.5) is 0 Å². The van der Waals surface area contributed by atoms with Crippen LogP contribution in [0, 0.1) is 0 Å². The predicted octanol–water partition coefficient (Wildman–Crippen LogP) is 15.1. The Kier molecular flexibility index (Phi) is 7.26. The van der Waals surface area contributed by atoms with Gasteiger partial charge in [-0.05, 0) is 101 Å². The van der Waals surface area contributed by atoms with Crippen LogP contribution < -0.4 is 0 Å². The van der Waals surface area contributed by atoms with Crippen molar-refractivity contribution in [1.29, 1.82) is 0 Å². The average molecular weight is 745 g/mol. The maximum absolute atomic E-state index is 2.61. The quantitative estimate of drug-likeness (QED) is 0.166. The average Bonchev–Trinajstić information content (AvgIpc) is 3.94. The summed E-state index contributed by atoms with van der Waals surface area (Å²) in [6, 6.07) is 67.0. The van der Waals surface area contributed by atoms with Gasteiger partial charge in [-0.1, -0.05) is 140 Å². The van der Waals surface area contributed by atoms with E-state index in [1.807, 2.05) is 11.3 Å². The smallest absolute Gasteiger partial charge is 0.0637 e. The van der Waals surface area contributed by atoms with E-state index in [1.165, 1.54) is 103 Å². The second-order valence-corrected chi connectivity index (χ2v) is 16.3. The molecule has 0 atom stereocenters. The molecule has 0 aliphatic heterocycles. The van der Waals surface area contributed by atoms with Crippen LogP contribution in [-0.2, 0) is 6.42 Å². The van der Waals surface area contributed by atoms with Crippen molar-refractivity contribution in [2.75, 3.05) is 0 Å². The number of aromatic nitrogens is 2. The number of hydrogen-bond acceptors (Lipinski definition) is 1. The minimum atomic E-state index is 0.995. The summed E-state index contributed by atoms with van der Waals surface area (Å²) in [5.74, 6) is 0. The highest BCUT2D eigenvalue weighted by molar-refractivity contribution is 7.26. The van der Waals surface area contributed by atoms with Crippen molar-refractivity contribution in [2.24, 2.45) is 0 Å². The third-order valence-electron chi connectivity index (χ3n) is 12.0. The number of thiophene rings is 1. The van der Waals surface area contributed by atoms with Gasteiger partial charge in [-0.15, -0.1) is 11.3 Å². The minimum Gasteiger partial charge on any atom is -0.312 e. The molecule has 12 rings (SSSR count). The summed E-state index contributed by atoms with van der Waals surface area (Å²) in [5, 5.41) is 6.53. The lowest BCUT2D eigenvalue weighted by molar-refractivity contribution is 0.890. The Morgan fingerprint density at radius 1 is 0.421 bits per heavy atom. The summed E-state index contributed by atoms with van der Waals surface area (Å²) in [6.07, 6.45) is 6.79. The van der Waals surface area contributed by atoms with E-state index in [9.17, 15) is 0 Å². The SMILES string of the molecule is C1=Cc2c(n(-c3cccc(-c4ccccc4)c3)c3c2c(-c2ccc4c(c2)c2ccccc2n4-c2ccc(-c4ccccc4)cc2)cc2sc4ccccc4c23)CC1. The number of allylic oxidation sites excluding steroid dienone is 1. The minimum absolute atomic E-state index is 0.995. The van der Waals surface area contributed by atoms with Gasteiger partial charge in [-0.2, -0.15) is 0 Å². The standard InChI is InChI=1S/C54H36N2S/c1-3-14-35(15-4-1)37-26-29-40(30-27-37)55-47-23-10-7-20-42(47)46-33-39(28-31-49(46)55)45-34-51-53(44-22-9-12-25-50(44)57-51)54-52(45)43-21-8-11-24-48(43)56(54)41-19-13-18-38(32-41)36-16-5-2-6-17-36/h1-10,12-23,25-34H,11,24H2. The van der Waals surface area contributed by atoms with Crippen LogP contribution in [0.25, 0.3) is 104 Å². The van der Waals surface area contributed by atoms with Gasteiger partial charge < -0.3 is 9.13 Å². The zero-order chi connectivity index (χ0) is 37.5. The Morgan fingerprint density at radius 2 is 1.09 bits per heavy atom. The first-order valence-corrected chi connectivity index (χ1v) is 20.6. The summed E-state index contributed by atoms with van der Waals surface area (Å²) >= 11 is 1.91. The summed E-state index contributed by atoms with van der Waals surface area (Å²) in [6.45, 7) is 0. The van der Waals surface area contributed by atoms with Crippen LogP contribution in [0.1, 0.15) is 17.7 Å². The van der Waals surface area contributed by atoms with Crippen molar-refractivity contribution < 1.29 is 0 Å². The lowest BCUT2D eigenvalue weighted by atomic mass is 9.93. The number of fused-ring (bicyclic) bond motifs is 10. The summed E-state index contributed by atoms with van der Waals surface area (Å²) in [4.78, 5) is 0. The number of benzene rings is 8. The third-order valence-corrected chi connectivity index (χ3v) is 13.1. The molecule has 3 heteroatoms. The van der Waals surface area contributed by atoms with E-state index in [0.717, 1.165) is 18.5 Å². The number of nitrogens with zero attached hydrogens (tertiary/aromatic N) is 2. The molecule has 0 bridgehead atoms. The van der Waals surface area contributed by atoms with Crippen LogP contribution in [0.2, 0.25) is 0 Å². The molecular formula is C54H36N2S. The molecule has 0 radical (unpaired) electrons. The lowest BCUT2D eigenvalue weighted by Crippen LogP contribution is -2.03.